The lowest BCUT2D eigenvalue weighted by Gasteiger charge is -2.19. The molecule has 8 heteroatoms. The zero-order valence-corrected chi connectivity index (χ0v) is 10.2. The molecule has 0 saturated carbocycles. The van der Waals surface area contributed by atoms with Crippen molar-refractivity contribution in [2.45, 2.75) is 26.9 Å². The smallest absolute Gasteiger partial charge is 0.475 e. The maximum Gasteiger partial charge on any atom is 0.490 e. The molecule has 0 aliphatic heterocycles. The Morgan fingerprint density at radius 3 is 1.61 bits per heavy atom. The minimum atomic E-state index is -5.08. The van der Waals surface area contributed by atoms with Crippen LogP contribution in [-0.4, -0.2) is 29.4 Å². The van der Waals surface area contributed by atoms with Gasteiger partial charge in [0, 0.05) is 11.8 Å². The fourth-order valence-corrected chi connectivity index (χ4v) is 1.28. The first-order chi connectivity index (χ1) is 7.95. The molecule has 0 fully saturated rings. The quantitative estimate of drug-likeness (QED) is 0.751. The Hall–Kier alpha value is -1.60. The second-order valence-corrected chi connectivity index (χ2v) is 3.97. The number of carboxylic acids is 1. The Kier molecular flexibility index (Phi) is 8.00. The van der Waals surface area contributed by atoms with Crippen LogP contribution in [0.4, 0.5) is 13.2 Å². The average molecular weight is 271 g/mol. The van der Waals surface area contributed by atoms with Crippen LogP contribution in [0.15, 0.2) is 0 Å². The van der Waals surface area contributed by atoms with Crippen molar-refractivity contribution in [2.75, 3.05) is 0 Å². The van der Waals surface area contributed by atoms with E-state index >= 15 is 0 Å². The maximum atomic E-state index is 10.8. The number of rotatable bonds is 4. The molecule has 0 aromatic heterocycles. The van der Waals surface area contributed by atoms with Gasteiger partial charge in [0.2, 0.25) is 5.91 Å². The first-order valence-corrected chi connectivity index (χ1v) is 4.99. The van der Waals surface area contributed by atoms with Crippen molar-refractivity contribution in [2.24, 2.45) is 23.5 Å². The van der Waals surface area contributed by atoms with E-state index in [2.05, 4.69) is 0 Å². The highest BCUT2D eigenvalue weighted by Crippen LogP contribution is 2.18. The Morgan fingerprint density at radius 1 is 1.22 bits per heavy atom. The Bertz CT molecular complexity index is 302. The summed E-state index contributed by atoms with van der Waals surface area (Å²) in [5.74, 6) is -3.61. The van der Waals surface area contributed by atoms with Crippen LogP contribution in [0.25, 0.3) is 0 Å². The van der Waals surface area contributed by atoms with E-state index in [4.69, 9.17) is 15.6 Å². The van der Waals surface area contributed by atoms with E-state index < -0.39 is 12.1 Å². The molecule has 0 aromatic rings. The molecule has 3 N–H and O–H groups in total. The SMILES string of the molecule is CC(C)C(C(N)=O)C(C)C=O.O=C(O)C(F)(F)F. The van der Waals surface area contributed by atoms with Crippen molar-refractivity contribution in [1.82, 2.24) is 0 Å². The van der Waals surface area contributed by atoms with Gasteiger partial charge in [0.1, 0.15) is 6.29 Å². The zero-order chi connectivity index (χ0) is 15.1. The lowest BCUT2D eigenvalue weighted by molar-refractivity contribution is -0.192. The number of primary amides is 1. The summed E-state index contributed by atoms with van der Waals surface area (Å²) in [5.41, 5.74) is 5.12. The highest BCUT2D eigenvalue weighted by atomic mass is 19.4. The summed E-state index contributed by atoms with van der Waals surface area (Å²) in [5, 5.41) is 7.12. The molecule has 0 rings (SSSR count). The largest absolute Gasteiger partial charge is 0.490 e. The minimum Gasteiger partial charge on any atom is -0.475 e. The van der Waals surface area contributed by atoms with Crippen molar-refractivity contribution in [3.8, 4) is 0 Å². The molecule has 0 radical (unpaired) electrons. The fourth-order valence-electron chi connectivity index (χ4n) is 1.28. The summed E-state index contributed by atoms with van der Waals surface area (Å²) in [7, 11) is 0. The Morgan fingerprint density at radius 2 is 1.56 bits per heavy atom. The zero-order valence-electron chi connectivity index (χ0n) is 10.2. The second-order valence-electron chi connectivity index (χ2n) is 3.97. The van der Waals surface area contributed by atoms with Crippen LogP contribution in [0.5, 0.6) is 0 Å². The van der Waals surface area contributed by atoms with Gasteiger partial charge in [-0.25, -0.2) is 4.79 Å². The number of hydrogen-bond acceptors (Lipinski definition) is 3. The Balaban J connectivity index is 0. The van der Waals surface area contributed by atoms with E-state index in [0.29, 0.717) is 0 Å². The highest BCUT2D eigenvalue weighted by Gasteiger charge is 2.38. The van der Waals surface area contributed by atoms with E-state index in [1.807, 2.05) is 13.8 Å². The van der Waals surface area contributed by atoms with Crippen molar-refractivity contribution in [1.29, 1.82) is 0 Å². The van der Waals surface area contributed by atoms with Gasteiger partial charge >= 0.3 is 12.1 Å². The van der Waals surface area contributed by atoms with Gasteiger partial charge in [0.25, 0.3) is 0 Å². The molecule has 1 amide bonds. The molecular weight excluding hydrogens is 255 g/mol. The summed E-state index contributed by atoms with van der Waals surface area (Å²) < 4.78 is 31.7. The highest BCUT2D eigenvalue weighted by molar-refractivity contribution is 5.80. The fraction of sp³-hybridized carbons (Fsp3) is 0.700. The monoisotopic (exact) mass is 271 g/mol. The predicted octanol–water partition coefficient (Wildman–Crippen LogP) is 1.21. The molecule has 0 aliphatic carbocycles. The molecule has 0 spiro atoms. The average Bonchev–Trinajstić information content (AvgIpc) is 2.15. The van der Waals surface area contributed by atoms with E-state index in [1.165, 1.54) is 0 Å². The topological polar surface area (TPSA) is 97.5 Å². The number of aliphatic carboxylic acids is 1. The van der Waals surface area contributed by atoms with Crippen LogP contribution >= 0.6 is 0 Å². The molecule has 5 nitrogen and oxygen atoms in total. The summed E-state index contributed by atoms with van der Waals surface area (Å²) in [6.45, 7) is 5.48. The third kappa shape index (κ3) is 7.64. The standard InChI is InChI=1S/C8H15NO2.C2HF3O2/c1-5(2)7(8(9)11)6(3)4-10;3-2(4,5)1(6)7/h4-7H,1-3H3,(H2,9,11);(H,6,7). The normalized spacial score (nSPS) is 14.2. The number of halogens is 3. The van der Waals surface area contributed by atoms with E-state index in [9.17, 15) is 22.8 Å². The molecule has 0 bridgehead atoms. The van der Waals surface area contributed by atoms with Crippen molar-refractivity contribution in [3.63, 3.8) is 0 Å². The van der Waals surface area contributed by atoms with Crippen LogP contribution in [-0.2, 0) is 14.4 Å². The third-order valence-corrected chi connectivity index (χ3v) is 2.07. The number of carbonyl (C=O) groups is 3. The molecule has 106 valence electrons. The van der Waals surface area contributed by atoms with Crippen LogP contribution in [0, 0.1) is 17.8 Å². The van der Waals surface area contributed by atoms with Gasteiger partial charge in [-0.05, 0) is 5.92 Å². The van der Waals surface area contributed by atoms with Gasteiger partial charge < -0.3 is 15.6 Å². The molecule has 2 unspecified atom stereocenters. The molecule has 0 heterocycles. The van der Waals surface area contributed by atoms with Gasteiger partial charge in [-0.2, -0.15) is 13.2 Å². The van der Waals surface area contributed by atoms with Crippen molar-refractivity contribution in [3.05, 3.63) is 0 Å². The Labute approximate surface area is 102 Å². The minimum absolute atomic E-state index is 0.132. The summed E-state index contributed by atoms with van der Waals surface area (Å²) in [6, 6.07) is 0. The molecule has 0 saturated heterocycles. The third-order valence-electron chi connectivity index (χ3n) is 2.07. The van der Waals surface area contributed by atoms with Crippen molar-refractivity contribution >= 4 is 18.2 Å². The molecule has 0 aromatic carbocycles. The summed E-state index contributed by atoms with van der Waals surface area (Å²) in [6.07, 6.45) is -4.31. The van der Waals surface area contributed by atoms with E-state index in [0.717, 1.165) is 6.29 Å². The number of hydrogen-bond donors (Lipinski definition) is 2. The lowest BCUT2D eigenvalue weighted by Crippen LogP contribution is -2.33. The molecule has 0 aliphatic rings. The number of nitrogens with two attached hydrogens (primary N) is 1. The van der Waals surface area contributed by atoms with Crippen LogP contribution in [0.2, 0.25) is 0 Å². The molecular formula is C10H16F3NO4. The number of aldehydes is 1. The second kappa shape index (κ2) is 7.67. The van der Waals surface area contributed by atoms with E-state index in [1.54, 1.807) is 6.92 Å². The van der Waals surface area contributed by atoms with E-state index in [-0.39, 0.29) is 23.7 Å². The van der Waals surface area contributed by atoms with Crippen LogP contribution in [0.1, 0.15) is 20.8 Å². The summed E-state index contributed by atoms with van der Waals surface area (Å²) in [4.78, 5) is 30.0. The molecule has 2 atom stereocenters. The number of amides is 1. The van der Waals surface area contributed by atoms with Gasteiger partial charge in [0.15, 0.2) is 0 Å². The summed E-state index contributed by atoms with van der Waals surface area (Å²) >= 11 is 0. The van der Waals surface area contributed by atoms with Gasteiger partial charge in [-0.3, -0.25) is 4.79 Å². The maximum absolute atomic E-state index is 10.8. The van der Waals surface area contributed by atoms with Gasteiger partial charge in [0.05, 0.1) is 0 Å². The molecule has 18 heavy (non-hydrogen) atoms. The first-order valence-electron chi connectivity index (χ1n) is 4.99. The van der Waals surface area contributed by atoms with Crippen LogP contribution in [0.3, 0.4) is 0 Å². The number of alkyl halides is 3. The number of carboxylic acid groups (broad SMARTS) is 1. The van der Waals surface area contributed by atoms with Gasteiger partial charge in [-0.1, -0.05) is 20.8 Å². The first kappa shape index (κ1) is 18.8. The van der Waals surface area contributed by atoms with Crippen LogP contribution < -0.4 is 5.73 Å². The lowest BCUT2D eigenvalue weighted by atomic mass is 9.85. The van der Waals surface area contributed by atoms with Gasteiger partial charge in [-0.15, -0.1) is 0 Å². The predicted molar refractivity (Wildman–Crippen MR) is 56.4 cm³/mol. The van der Waals surface area contributed by atoms with Crippen molar-refractivity contribution < 1.29 is 32.7 Å². The number of carbonyl (C=O) groups excluding carboxylic acids is 2.